The minimum Gasteiger partial charge on any atom is -0.360 e. The average molecular weight is 242 g/mol. The first-order valence-corrected chi connectivity index (χ1v) is 5.83. The Morgan fingerprint density at radius 2 is 2.06 bits per heavy atom. The molecule has 0 aliphatic carbocycles. The van der Waals surface area contributed by atoms with Gasteiger partial charge in [0.25, 0.3) is 5.91 Å². The number of H-pyrrole nitrogens is 1. The van der Waals surface area contributed by atoms with Crippen molar-refractivity contribution in [1.29, 1.82) is 0 Å². The van der Waals surface area contributed by atoms with E-state index in [1.54, 1.807) is 6.33 Å². The van der Waals surface area contributed by atoms with Crippen LogP contribution in [-0.2, 0) is 0 Å². The van der Waals surface area contributed by atoms with Gasteiger partial charge in [-0.05, 0) is 25.5 Å². The quantitative estimate of drug-likeness (QED) is 0.715. The molecule has 1 aromatic heterocycles. The lowest BCUT2D eigenvalue weighted by Gasteiger charge is -2.28. The molecule has 0 unspecified atom stereocenters. The molecule has 0 fully saturated rings. The molecule has 92 valence electrons. The van der Waals surface area contributed by atoms with Crippen molar-refractivity contribution in [2.75, 3.05) is 5.32 Å². The number of aromatic amines is 1. The molecule has 2 heterocycles. The highest BCUT2D eigenvalue weighted by atomic mass is 16.2. The zero-order valence-corrected chi connectivity index (χ0v) is 10.2. The molecule has 1 aromatic carbocycles. The predicted octanol–water partition coefficient (Wildman–Crippen LogP) is 1.88. The van der Waals surface area contributed by atoms with E-state index in [4.69, 9.17) is 0 Å². The molecule has 3 rings (SSSR count). The molecule has 2 aromatic rings. The lowest BCUT2D eigenvalue weighted by atomic mass is 10.0. The smallest absolute Gasteiger partial charge is 0.255 e. The number of benzene rings is 1. The molecule has 1 atom stereocenters. The van der Waals surface area contributed by atoms with Gasteiger partial charge in [-0.25, -0.2) is 4.98 Å². The minimum atomic E-state index is -0.280. The van der Waals surface area contributed by atoms with Gasteiger partial charge in [-0.3, -0.25) is 4.79 Å². The topological polar surface area (TPSA) is 69.8 Å². The van der Waals surface area contributed by atoms with Gasteiger partial charge in [0.1, 0.15) is 11.9 Å². The van der Waals surface area contributed by atoms with Crippen LogP contribution in [0.4, 0.5) is 5.69 Å². The molecule has 0 radical (unpaired) electrons. The van der Waals surface area contributed by atoms with Gasteiger partial charge in [-0.1, -0.05) is 12.1 Å². The van der Waals surface area contributed by atoms with Gasteiger partial charge < -0.3 is 15.6 Å². The summed E-state index contributed by atoms with van der Waals surface area (Å²) < 4.78 is 0. The van der Waals surface area contributed by atoms with Crippen molar-refractivity contribution in [1.82, 2.24) is 15.3 Å². The summed E-state index contributed by atoms with van der Waals surface area (Å²) in [5.41, 5.74) is 4.29. The lowest BCUT2D eigenvalue weighted by Crippen LogP contribution is -2.39. The fraction of sp³-hybridized carbons (Fsp3) is 0.231. The van der Waals surface area contributed by atoms with Crippen molar-refractivity contribution in [3.63, 3.8) is 0 Å². The number of imidazole rings is 1. The zero-order valence-electron chi connectivity index (χ0n) is 10.2. The Labute approximate surface area is 105 Å². The van der Waals surface area contributed by atoms with E-state index in [0.29, 0.717) is 5.56 Å². The van der Waals surface area contributed by atoms with Crippen LogP contribution in [-0.4, -0.2) is 15.9 Å². The van der Waals surface area contributed by atoms with E-state index in [2.05, 4.69) is 20.6 Å². The second-order valence-electron chi connectivity index (χ2n) is 4.46. The number of rotatable bonds is 1. The zero-order chi connectivity index (χ0) is 12.7. The van der Waals surface area contributed by atoms with E-state index in [1.165, 1.54) is 0 Å². The Morgan fingerprint density at radius 3 is 2.78 bits per heavy atom. The van der Waals surface area contributed by atoms with Crippen molar-refractivity contribution in [2.45, 2.75) is 20.0 Å². The summed E-state index contributed by atoms with van der Waals surface area (Å²) in [7, 11) is 0. The normalized spacial score (nSPS) is 17.9. The number of aromatic nitrogens is 2. The molecular weight excluding hydrogens is 228 g/mol. The highest BCUT2D eigenvalue weighted by molar-refractivity contribution is 6.03. The number of anilines is 1. The molecule has 1 aliphatic rings. The van der Waals surface area contributed by atoms with Crippen LogP contribution in [0.2, 0.25) is 0 Å². The first-order chi connectivity index (χ1) is 8.66. The number of carbonyl (C=O) groups is 1. The Morgan fingerprint density at radius 1 is 1.22 bits per heavy atom. The van der Waals surface area contributed by atoms with E-state index >= 15 is 0 Å². The van der Waals surface area contributed by atoms with Crippen LogP contribution in [0.3, 0.4) is 0 Å². The second-order valence-corrected chi connectivity index (χ2v) is 4.46. The third-order valence-electron chi connectivity index (χ3n) is 3.22. The Kier molecular flexibility index (Phi) is 2.33. The van der Waals surface area contributed by atoms with Crippen LogP contribution in [0, 0.1) is 13.8 Å². The van der Waals surface area contributed by atoms with E-state index in [0.717, 1.165) is 22.6 Å². The number of nitrogens with zero attached hydrogens (tertiary/aromatic N) is 1. The summed E-state index contributed by atoms with van der Waals surface area (Å²) in [6, 6.07) is 5.78. The number of aryl methyl sites for hydroxylation is 2. The monoisotopic (exact) mass is 242 g/mol. The van der Waals surface area contributed by atoms with Crippen LogP contribution in [0.25, 0.3) is 0 Å². The molecule has 3 N–H and O–H groups in total. The summed E-state index contributed by atoms with van der Waals surface area (Å²) in [5, 5.41) is 6.22. The summed E-state index contributed by atoms with van der Waals surface area (Å²) in [4.78, 5) is 19.4. The summed E-state index contributed by atoms with van der Waals surface area (Å²) in [5.74, 6) is -0.0609. The van der Waals surface area contributed by atoms with Crippen LogP contribution < -0.4 is 10.6 Å². The number of carbonyl (C=O) groups excluding carboxylic acids is 1. The number of nitrogens with one attached hydrogen (secondary N) is 3. The number of hydrogen-bond donors (Lipinski definition) is 3. The van der Waals surface area contributed by atoms with Gasteiger partial charge in [0.2, 0.25) is 0 Å². The fourth-order valence-corrected chi connectivity index (χ4v) is 2.28. The molecule has 5 nitrogen and oxygen atoms in total. The van der Waals surface area contributed by atoms with Gasteiger partial charge in [0, 0.05) is 11.4 Å². The summed E-state index contributed by atoms with van der Waals surface area (Å²) in [6.07, 6.45) is 1.35. The van der Waals surface area contributed by atoms with E-state index in [-0.39, 0.29) is 12.1 Å². The van der Waals surface area contributed by atoms with E-state index in [1.807, 2.05) is 32.0 Å². The van der Waals surface area contributed by atoms with E-state index in [9.17, 15) is 4.79 Å². The van der Waals surface area contributed by atoms with Crippen LogP contribution in [0.5, 0.6) is 0 Å². The molecule has 1 aliphatic heterocycles. The Bertz CT molecular complexity index is 617. The molecule has 0 saturated carbocycles. The summed E-state index contributed by atoms with van der Waals surface area (Å²) >= 11 is 0. The maximum absolute atomic E-state index is 12.1. The van der Waals surface area contributed by atoms with E-state index < -0.39 is 0 Å². The van der Waals surface area contributed by atoms with Crippen molar-refractivity contribution in [3.05, 3.63) is 47.0 Å². The van der Waals surface area contributed by atoms with Crippen LogP contribution >= 0.6 is 0 Å². The highest BCUT2D eigenvalue weighted by Gasteiger charge is 2.27. The SMILES string of the molecule is Cc1cccc2c1C(=O)N[C@@H](c1nc[nH]c1C)N2. The molecule has 5 heteroatoms. The van der Waals surface area contributed by atoms with Crippen LogP contribution in [0.15, 0.2) is 24.5 Å². The van der Waals surface area contributed by atoms with Gasteiger partial charge in [-0.2, -0.15) is 0 Å². The van der Waals surface area contributed by atoms with Crippen molar-refractivity contribution < 1.29 is 4.79 Å². The van der Waals surface area contributed by atoms with Crippen molar-refractivity contribution in [3.8, 4) is 0 Å². The Balaban J connectivity index is 2.02. The predicted molar refractivity (Wildman–Crippen MR) is 68.3 cm³/mol. The fourth-order valence-electron chi connectivity index (χ4n) is 2.28. The first-order valence-electron chi connectivity index (χ1n) is 5.83. The molecule has 18 heavy (non-hydrogen) atoms. The van der Waals surface area contributed by atoms with Gasteiger partial charge in [0.15, 0.2) is 0 Å². The average Bonchev–Trinajstić information content (AvgIpc) is 2.75. The third kappa shape index (κ3) is 1.55. The lowest BCUT2D eigenvalue weighted by molar-refractivity contribution is 0.0934. The largest absolute Gasteiger partial charge is 0.360 e. The number of amides is 1. The number of hydrogen-bond acceptors (Lipinski definition) is 3. The minimum absolute atomic E-state index is 0.0609. The number of fused-ring (bicyclic) bond motifs is 1. The van der Waals surface area contributed by atoms with Crippen molar-refractivity contribution >= 4 is 11.6 Å². The molecule has 0 bridgehead atoms. The van der Waals surface area contributed by atoms with Gasteiger partial charge in [-0.15, -0.1) is 0 Å². The third-order valence-corrected chi connectivity index (χ3v) is 3.22. The first kappa shape index (κ1) is 10.8. The second kappa shape index (κ2) is 3.87. The molecule has 0 saturated heterocycles. The highest BCUT2D eigenvalue weighted by Crippen LogP contribution is 2.28. The molecule has 0 spiro atoms. The molecular formula is C13H14N4O. The van der Waals surface area contributed by atoms with Crippen LogP contribution in [0.1, 0.15) is 33.5 Å². The standard InChI is InChI=1S/C13H14N4O/c1-7-4-3-5-9-10(7)13(18)17-12(16-9)11-8(2)14-6-15-11/h3-6,12,16H,1-2H3,(H,14,15)(H,17,18)/t12-/m0/s1. The van der Waals surface area contributed by atoms with Crippen molar-refractivity contribution in [2.24, 2.45) is 0 Å². The summed E-state index contributed by atoms with van der Waals surface area (Å²) in [6.45, 7) is 3.86. The van der Waals surface area contributed by atoms with Gasteiger partial charge in [0.05, 0.1) is 11.9 Å². The Hall–Kier alpha value is -2.30. The molecule has 1 amide bonds. The maximum Gasteiger partial charge on any atom is 0.255 e. The maximum atomic E-state index is 12.1. The van der Waals surface area contributed by atoms with Gasteiger partial charge >= 0.3 is 0 Å².